The molecule has 1 fully saturated rings. The summed E-state index contributed by atoms with van der Waals surface area (Å²) in [6.45, 7) is 10.5. The zero-order valence-corrected chi connectivity index (χ0v) is 16.4. The molecule has 152 valence electrons. The zero-order valence-electron chi connectivity index (χ0n) is 15.6. The van der Waals surface area contributed by atoms with Crippen molar-refractivity contribution in [1.29, 1.82) is 0 Å². The quantitative estimate of drug-likeness (QED) is 0.246. The fraction of sp³-hybridized carbons (Fsp3) is 1.00. The average molecular weight is 390 g/mol. The standard InChI is InChI=1S/C16H34N.CHF3O3S/c1-3-5-6-7-8-10-14-17(13-4-2)15-11-9-12-16-17;2-1(3,4)8(5,6)7/h3-16H2,1-2H3;(H,5,6,7)/q+1;/p-1. The lowest BCUT2D eigenvalue weighted by atomic mass is 10.0. The highest BCUT2D eigenvalue weighted by Crippen LogP contribution is 2.21. The van der Waals surface area contributed by atoms with Crippen LogP contribution in [-0.4, -0.2) is 49.1 Å². The second kappa shape index (κ2) is 12.1. The Kier molecular flexibility index (Phi) is 12.0. The minimum absolute atomic E-state index is 1.37. The molecule has 1 aliphatic rings. The van der Waals surface area contributed by atoms with E-state index in [1.165, 1.54) is 94.9 Å². The van der Waals surface area contributed by atoms with Crippen molar-refractivity contribution in [3.63, 3.8) is 0 Å². The van der Waals surface area contributed by atoms with Crippen LogP contribution in [0.5, 0.6) is 0 Å². The Balaban J connectivity index is 0.000000609. The number of unbranched alkanes of at least 4 members (excludes halogenated alkanes) is 5. The van der Waals surface area contributed by atoms with Crippen LogP contribution in [0, 0.1) is 0 Å². The van der Waals surface area contributed by atoms with Crippen LogP contribution in [-0.2, 0) is 10.1 Å². The molecule has 8 heteroatoms. The summed E-state index contributed by atoms with van der Waals surface area (Å²) in [6, 6.07) is 0. The third kappa shape index (κ3) is 11.1. The van der Waals surface area contributed by atoms with E-state index in [-0.39, 0.29) is 0 Å². The Morgan fingerprint density at radius 1 is 0.840 bits per heavy atom. The zero-order chi connectivity index (χ0) is 19.4. The molecular formula is C17H34F3NO3S. The van der Waals surface area contributed by atoms with Crippen molar-refractivity contribution >= 4 is 10.1 Å². The number of hydrogen-bond acceptors (Lipinski definition) is 3. The van der Waals surface area contributed by atoms with Gasteiger partial charge in [-0.3, -0.25) is 0 Å². The van der Waals surface area contributed by atoms with Crippen molar-refractivity contribution in [2.24, 2.45) is 0 Å². The summed E-state index contributed by atoms with van der Waals surface area (Å²) >= 11 is 0. The Morgan fingerprint density at radius 3 is 1.76 bits per heavy atom. The lowest BCUT2D eigenvalue weighted by molar-refractivity contribution is -0.932. The lowest BCUT2D eigenvalue weighted by Crippen LogP contribution is -2.52. The molecule has 0 aromatic heterocycles. The van der Waals surface area contributed by atoms with Crippen molar-refractivity contribution in [1.82, 2.24) is 0 Å². The van der Waals surface area contributed by atoms with E-state index in [1.807, 2.05) is 0 Å². The van der Waals surface area contributed by atoms with Crippen LogP contribution in [0.4, 0.5) is 13.2 Å². The Hall–Kier alpha value is -0.340. The summed E-state index contributed by atoms with van der Waals surface area (Å²) in [7, 11) is -6.09. The lowest BCUT2D eigenvalue weighted by Gasteiger charge is -2.41. The molecule has 0 N–H and O–H groups in total. The second-order valence-corrected chi connectivity index (χ2v) is 8.34. The molecule has 0 amide bonds. The summed E-state index contributed by atoms with van der Waals surface area (Å²) in [4.78, 5) is 0. The summed E-state index contributed by atoms with van der Waals surface area (Å²) in [5.74, 6) is 0. The number of alkyl halides is 3. The van der Waals surface area contributed by atoms with Crippen molar-refractivity contribution in [2.45, 2.75) is 83.6 Å². The monoisotopic (exact) mass is 389 g/mol. The van der Waals surface area contributed by atoms with Gasteiger partial charge in [0, 0.05) is 0 Å². The van der Waals surface area contributed by atoms with Gasteiger partial charge in [-0.2, -0.15) is 13.2 Å². The first-order chi connectivity index (χ1) is 11.6. The largest absolute Gasteiger partial charge is 0.741 e. The molecule has 0 spiro atoms. The highest BCUT2D eigenvalue weighted by atomic mass is 32.2. The summed E-state index contributed by atoms with van der Waals surface area (Å²) in [6.07, 6.45) is 14.5. The SMILES string of the molecule is CCCCCCCC[N+]1(CCC)CCCCC1.O=S(=O)([O-])C(F)(F)F. The number of likely N-dealkylation sites (tertiary alicyclic amines) is 1. The highest BCUT2D eigenvalue weighted by molar-refractivity contribution is 7.86. The fourth-order valence-electron chi connectivity index (χ4n) is 3.44. The van der Waals surface area contributed by atoms with Crippen LogP contribution in [0.3, 0.4) is 0 Å². The molecule has 0 aromatic rings. The van der Waals surface area contributed by atoms with Gasteiger partial charge in [-0.15, -0.1) is 0 Å². The first-order valence-corrected chi connectivity index (χ1v) is 10.9. The van der Waals surface area contributed by atoms with E-state index in [0.717, 1.165) is 0 Å². The van der Waals surface area contributed by atoms with Crippen molar-refractivity contribution in [3.8, 4) is 0 Å². The van der Waals surface area contributed by atoms with Crippen LogP contribution in [0.15, 0.2) is 0 Å². The van der Waals surface area contributed by atoms with Gasteiger partial charge in [0.15, 0.2) is 10.1 Å². The van der Waals surface area contributed by atoms with E-state index in [2.05, 4.69) is 13.8 Å². The number of nitrogens with zero attached hydrogens (tertiary/aromatic N) is 1. The van der Waals surface area contributed by atoms with Crippen LogP contribution in [0.25, 0.3) is 0 Å². The maximum atomic E-state index is 10.7. The maximum absolute atomic E-state index is 10.7. The molecule has 1 saturated heterocycles. The summed E-state index contributed by atoms with van der Waals surface area (Å²) in [5, 5.41) is 0. The molecule has 1 aliphatic heterocycles. The number of hydrogen-bond donors (Lipinski definition) is 0. The van der Waals surface area contributed by atoms with Gasteiger partial charge < -0.3 is 9.04 Å². The number of rotatable bonds is 9. The first-order valence-electron chi connectivity index (χ1n) is 9.45. The summed E-state index contributed by atoms with van der Waals surface area (Å²) in [5.41, 5.74) is -5.65. The van der Waals surface area contributed by atoms with E-state index in [0.29, 0.717) is 0 Å². The molecule has 25 heavy (non-hydrogen) atoms. The van der Waals surface area contributed by atoms with Gasteiger partial charge in [0.25, 0.3) is 0 Å². The molecule has 0 unspecified atom stereocenters. The molecule has 0 atom stereocenters. The molecule has 0 bridgehead atoms. The molecule has 4 nitrogen and oxygen atoms in total. The maximum Gasteiger partial charge on any atom is 0.485 e. The van der Waals surface area contributed by atoms with E-state index in [4.69, 9.17) is 13.0 Å². The normalized spacial score (nSPS) is 17.7. The van der Waals surface area contributed by atoms with Gasteiger partial charge in [-0.1, -0.05) is 39.5 Å². The second-order valence-electron chi connectivity index (χ2n) is 6.96. The molecule has 0 aliphatic carbocycles. The molecule has 0 saturated carbocycles. The third-order valence-corrected chi connectivity index (χ3v) is 5.30. The molecule has 0 radical (unpaired) electrons. The average Bonchev–Trinajstić information content (AvgIpc) is 2.51. The van der Waals surface area contributed by atoms with Crippen LogP contribution in [0.1, 0.15) is 78.1 Å². The van der Waals surface area contributed by atoms with E-state index < -0.39 is 15.6 Å². The van der Waals surface area contributed by atoms with Gasteiger partial charge in [0.05, 0.1) is 26.2 Å². The van der Waals surface area contributed by atoms with E-state index in [1.54, 1.807) is 0 Å². The van der Waals surface area contributed by atoms with Crippen molar-refractivity contribution in [3.05, 3.63) is 0 Å². The van der Waals surface area contributed by atoms with Gasteiger partial charge in [0.2, 0.25) is 0 Å². The first kappa shape index (κ1) is 24.7. The summed E-state index contributed by atoms with van der Waals surface area (Å²) < 4.78 is 60.4. The van der Waals surface area contributed by atoms with E-state index in [9.17, 15) is 13.2 Å². The predicted octanol–water partition coefficient (Wildman–Crippen LogP) is 4.81. The topological polar surface area (TPSA) is 57.2 Å². The minimum Gasteiger partial charge on any atom is -0.741 e. The van der Waals surface area contributed by atoms with Gasteiger partial charge in [0.1, 0.15) is 0 Å². The Morgan fingerprint density at radius 2 is 1.32 bits per heavy atom. The smallest absolute Gasteiger partial charge is 0.485 e. The highest BCUT2D eigenvalue weighted by Gasteiger charge is 2.36. The number of halogens is 3. The Bertz CT molecular complexity index is 427. The van der Waals surface area contributed by atoms with Crippen LogP contribution in [0.2, 0.25) is 0 Å². The van der Waals surface area contributed by atoms with Crippen LogP contribution < -0.4 is 0 Å². The third-order valence-electron chi connectivity index (χ3n) is 4.73. The molecular weight excluding hydrogens is 355 g/mol. The fourth-order valence-corrected chi connectivity index (χ4v) is 3.44. The van der Waals surface area contributed by atoms with Gasteiger partial charge in [-0.05, 0) is 38.5 Å². The molecule has 1 rings (SSSR count). The van der Waals surface area contributed by atoms with Crippen molar-refractivity contribution in [2.75, 3.05) is 26.2 Å². The Labute approximate surface area is 151 Å². The van der Waals surface area contributed by atoms with Gasteiger partial charge >= 0.3 is 5.51 Å². The molecule has 1 heterocycles. The molecule has 0 aromatic carbocycles. The van der Waals surface area contributed by atoms with Crippen LogP contribution >= 0.6 is 0 Å². The van der Waals surface area contributed by atoms with Gasteiger partial charge in [-0.25, -0.2) is 8.42 Å². The van der Waals surface area contributed by atoms with Crippen molar-refractivity contribution < 1.29 is 30.6 Å². The predicted molar refractivity (Wildman–Crippen MR) is 93.0 cm³/mol. The van der Waals surface area contributed by atoms with E-state index >= 15 is 0 Å². The minimum atomic E-state index is -6.09. The number of quaternary nitrogens is 1. The number of piperidine rings is 1.